The first-order valence-corrected chi connectivity index (χ1v) is 3.71. The monoisotopic (exact) mass is 120 g/mol. The number of hydrogen-bond donors (Lipinski definition) is 0. The number of hydrogen-bond acceptors (Lipinski definition) is 0. The Morgan fingerprint density at radius 3 is 2.89 bits per heavy atom. The lowest BCUT2D eigenvalue weighted by molar-refractivity contribution is 0.594. The molecule has 2 aliphatic carbocycles. The lowest BCUT2D eigenvalue weighted by Gasteiger charge is -2.09. The van der Waals surface area contributed by atoms with Gasteiger partial charge in [-0.25, -0.2) is 0 Å². The van der Waals surface area contributed by atoms with Crippen LogP contribution in [0.1, 0.15) is 12.8 Å². The first-order valence-electron chi connectivity index (χ1n) is 3.71. The first kappa shape index (κ1) is 5.28. The third-order valence-electron chi connectivity index (χ3n) is 2.46. The molecule has 2 atom stereocenters. The summed E-state index contributed by atoms with van der Waals surface area (Å²) in [7, 11) is 0. The molecule has 0 aromatic carbocycles. The van der Waals surface area contributed by atoms with E-state index in [1.807, 2.05) is 0 Å². The molecule has 0 saturated heterocycles. The molecule has 0 spiro atoms. The summed E-state index contributed by atoms with van der Waals surface area (Å²) >= 11 is 0. The zero-order valence-corrected chi connectivity index (χ0v) is 5.59. The molecule has 0 N–H and O–H groups in total. The van der Waals surface area contributed by atoms with Crippen molar-refractivity contribution in [1.29, 1.82) is 0 Å². The van der Waals surface area contributed by atoms with Gasteiger partial charge in [0.25, 0.3) is 0 Å². The quantitative estimate of drug-likeness (QED) is 0.466. The van der Waals surface area contributed by atoms with Crippen LogP contribution in [-0.4, -0.2) is 0 Å². The molecule has 9 heavy (non-hydrogen) atoms. The van der Waals surface area contributed by atoms with E-state index in [0.717, 1.165) is 11.8 Å². The molecule has 0 aromatic heterocycles. The van der Waals surface area contributed by atoms with Crippen molar-refractivity contribution >= 4 is 0 Å². The van der Waals surface area contributed by atoms with Gasteiger partial charge >= 0.3 is 0 Å². The lowest BCUT2D eigenvalue weighted by atomic mass is 9.96. The van der Waals surface area contributed by atoms with Gasteiger partial charge in [0.15, 0.2) is 0 Å². The zero-order chi connectivity index (χ0) is 6.27. The Kier molecular flexibility index (Phi) is 1.01. The van der Waals surface area contributed by atoms with E-state index in [1.54, 1.807) is 0 Å². The minimum absolute atomic E-state index is 0.689. The summed E-state index contributed by atoms with van der Waals surface area (Å²) < 4.78 is 0. The van der Waals surface area contributed by atoms with Gasteiger partial charge in [0.2, 0.25) is 0 Å². The molecule has 2 aliphatic rings. The van der Waals surface area contributed by atoms with Crippen molar-refractivity contribution in [2.24, 2.45) is 17.8 Å². The Hall–Kier alpha value is -0.520. The van der Waals surface area contributed by atoms with Crippen LogP contribution in [0, 0.1) is 17.8 Å². The van der Waals surface area contributed by atoms with Gasteiger partial charge in [-0.2, -0.15) is 0 Å². The fourth-order valence-electron chi connectivity index (χ4n) is 1.67. The Bertz CT molecular complexity index is 155. The summed E-state index contributed by atoms with van der Waals surface area (Å²) in [6.45, 7) is 3.79. The summed E-state index contributed by atoms with van der Waals surface area (Å²) in [5, 5.41) is 0. The molecule has 2 unspecified atom stereocenters. The second-order valence-corrected chi connectivity index (χ2v) is 3.18. The van der Waals surface area contributed by atoms with Crippen molar-refractivity contribution in [2.75, 3.05) is 0 Å². The van der Waals surface area contributed by atoms with E-state index in [4.69, 9.17) is 0 Å². The molecule has 0 heteroatoms. The van der Waals surface area contributed by atoms with E-state index in [-0.39, 0.29) is 0 Å². The van der Waals surface area contributed by atoms with Crippen LogP contribution in [0.25, 0.3) is 0 Å². The van der Waals surface area contributed by atoms with Crippen LogP contribution in [0.4, 0.5) is 0 Å². The topological polar surface area (TPSA) is 0 Å². The van der Waals surface area contributed by atoms with Crippen molar-refractivity contribution in [3.8, 4) is 0 Å². The van der Waals surface area contributed by atoms with E-state index in [2.05, 4.69) is 24.8 Å². The third kappa shape index (κ3) is 0.827. The van der Waals surface area contributed by atoms with Crippen molar-refractivity contribution < 1.29 is 0 Å². The van der Waals surface area contributed by atoms with Gasteiger partial charge < -0.3 is 0 Å². The molecular formula is C9H12. The van der Waals surface area contributed by atoms with Gasteiger partial charge in [0.05, 0.1) is 0 Å². The third-order valence-corrected chi connectivity index (χ3v) is 2.46. The number of allylic oxidation sites excluding steroid dienone is 3. The average molecular weight is 120 g/mol. The highest BCUT2D eigenvalue weighted by Gasteiger charge is 2.37. The largest absolute Gasteiger partial charge is 0.102 e. The molecule has 0 amide bonds. The standard InChI is InChI=1S/C9H12/c1-2-7-3-4-8-6-9(8)5-7/h2-4,7-9H,1,5-6H2. The summed E-state index contributed by atoms with van der Waals surface area (Å²) in [5.74, 6) is 2.67. The molecule has 0 aliphatic heterocycles. The minimum atomic E-state index is 0.689. The maximum absolute atomic E-state index is 3.79. The van der Waals surface area contributed by atoms with Gasteiger partial charge in [-0.15, -0.1) is 6.58 Å². The highest BCUT2D eigenvalue weighted by atomic mass is 14.4. The van der Waals surface area contributed by atoms with Gasteiger partial charge in [-0.1, -0.05) is 18.2 Å². The van der Waals surface area contributed by atoms with Crippen LogP contribution in [0.5, 0.6) is 0 Å². The van der Waals surface area contributed by atoms with Crippen molar-refractivity contribution in [1.82, 2.24) is 0 Å². The molecule has 0 aromatic rings. The van der Waals surface area contributed by atoms with Gasteiger partial charge in [-0.3, -0.25) is 0 Å². The normalized spacial score (nSPS) is 46.0. The predicted molar refractivity (Wildman–Crippen MR) is 39.0 cm³/mol. The van der Waals surface area contributed by atoms with Crippen LogP contribution in [-0.2, 0) is 0 Å². The fourth-order valence-corrected chi connectivity index (χ4v) is 1.67. The van der Waals surface area contributed by atoms with Crippen molar-refractivity contribution in [3.63, 3.8) is 0 Å². The first-order chi connectivity index (χ1) is 4.40. The van der Waals surface area contributed by atoms with Crippen LogP contribution in [0.15, 0.2) is 24.8 Å². The van der Waals surface area contributed by atoms with E-state index < -0.39 is 0 Å². The molecule has 1 saturated carbocycles. The molecule has 1 fully saturated rings. The van der Waals surface area contributed by atoms with Crippen LogP contribution in [0.3, 0.4) is 0 Å². The Balaban J connectivity index is 2.08. The molecular weight excluding hydrogens is 108 g/mol. The highest BCUT2D eigenvalue weighted by molar-refractivity contribution is 5.13. The van der Waals surface area contributed by atoms with E-state index in [0.29, 0.717) is 5.92 Å². The SMILES string of the molecule is C=CC1C=CC2CC2C1. The summed E-state index contributed by atoms with van der Waals surface area (Å²) in [4.78, 5) is 0. The maximum Gasteiger partial charge on any atom is -0.00532 e. The molecule has 0 heterocycles. The second-order valence-electron chi connectivity index (χ2n) is 3.18. The highest BCUT2D eigenvalue weighted by Crippen LogP contribution is 2.47. The number of fused-ring (bicyclic) bond motifs is 1. The number of rotatable bonds is 1. The second kappa shape index (κ2) is 1.73. The molecule has 0 bridgehead atoms. The van der Waals surface area contributed by atoms with E-state index in [1.165, 1.54) is 12.8 Å². The van der Waals surface area contributed by atoms with Crippen LogP contribution < -0.4 is 0 Å². The van der Waals surface area contributed by atoms with Crippen LogP contribution >= 0.6 is 0 Å². The zero-order valence-electron chi connectivity index (χ0n) is 5.59. The lowest BCUT2D eigenvalue weighted by Crippen LogP contribution is -1.98. The van der Waals surface area contributed by atoms with Gasteiger partial charge in [0.1, 0.15) is 0 Å². The Morgan fingerprint density at radius 2 is 2.22 bits per heavy atom. The molecule has 0 nitrogen and oxygen atoms in total. The van der Waals surface area contributed by atoms with E-state index >= 15 is 0 Å². The van der Waals surface area contributed by atoms with Crippen molar-refractivity contribution in [2.45, 2.75) is 12.8 Å². The van der Waals surface area contributed by atoms with E-state index in [9.17, 15) is 0 Å². The summed E-state index contributed by atoms with van der Waals surface area (Å²) in [6.07, 6.45) is 9.54. The smallest absolute Gasteiger partial charge is 0.00532 e. The van der Waals surface area contributed by atoms with Gasteiger partial charge in [0, 0.05) is 0 Å². The average Bonchev–Trinajstić information content (AvgIpc) is 2.64. The van der Waals surface area contributed by atoms with Crippen LogP contribution in [0.2, 0.25) is 0 Å². The maximum atomic E-state index is 3.79. The fraction of sp³-hybridized carbons (Fsp3) is 0.556. The Labute approximate surface area is 56.3 Å². The van der Waals surface area contributed by atoms with Gasteiger partial charge in [-0.05, 0) is 30.6 Å². The van der Waals surface area contributed by atoms with Crippen molar-refractivity contribution in [3.05, 3.63) is 24.8 Å². The predicted octanol–water partition coefficient (Wildman–Crippen LogP) is 2.38. The Morgan fingerprint density at radius 1 is 1.33 bits per heavy atom. The molecule has 2 rings (SSSR count). The molecule has 48 valence electrons. The summed E-state index contributed by atoms with van der Waals surface area (Å²) in [6, 6.07) is 0. The summed E-state index contributed by atoms with van der Waals surface area (Å²) in [5.41, 5.74) is 0. The minimum Gasteiger partial charge on any atom is -0.102 e. The molecule has 0 radical (unpaired) electrons.